The summed E-state index contributed by atoms with van der Waals surface area (Å²) >= 11 is 0. The average molecular weight is 147 g/mol. The van der Waals surface area contributed by atoms with E-state index in [4.69, 9.17) is 9.52 Å². The van der Waals surface area contributed by atoms with E-state index < -0.39 is 0 Å². The maximum absolute atomic E-state index is 9.08. The Labute approximate surface area is 64.1 Å². The Morgan fingerprint density at radius 1 is 1.27 bits per heavy atom. The van der Waals surface area contributed by atoms with Crippen LogP contribution in [0.5, 0.6) is 5.75 Å². The van der Waals surface area contributed by atoms with E-state index >= 15 is 0 Å². The van der Waals surface area contributed by atoms with E-state index in [2.05, 4.69) is 6.92 Å². The molecule has 2 rings (SSSR count). The number of rotatable bonds is 0. The standard InChI is InChI=1S/C9H7O2/c1-6-4-7-5-8(10)2-3-9(7)11-6/h2-5,10H,1H2. The monoisotopic (exact) mass is 147 g/mol. The van der Waals surface area contributed by atoms with Crippen molar-refractivity contribution in [3.8, 4) is 5.75 Å². The van der Waals surface area contributed by atoms with Gasteiger partial charge in [0, 0.05) is 12.3 Å². The van der Waals surface area contributed by atoms with Crippen molar-refractivity contribution in [2.24, 2.45) is 0 Å². The van der Waals surface area contributed by atoms with Crippen molar-refractivity contribution in [1.29, 1.82) is 0 Å². The van der Waals surface area contributed by atoms with Gasteiger partial charge in [-0.2, -0.15) is 0 Å². The van der Waals surface area contributed by atoms with E-state index in [0.717, 1.165) is 11.0 Å². The van der Waals surface area contributed by atoms with Crippen molar-refractivity contribution in [2.75, 3.05) is 0 Å². The lowest BCUT2D eigenvalue weighted by atomic mass is 10.2. The summed E-state index contributed by atoms with van der Waals surface area (Å²) in [4.78, 5) is 0. The van der Waals surface area contributed by atoms with Crippen LogP contribution >= 0.6 is 0 Å². The fourth-order valence-electron chi connectivity index (χ4n) is 1.09. The number of phenolic OH excluding ortho intramolecular Hbond substituents is 1. The van der Waals surface area contributed by atoms with Gasteiger partial charge in [-0.1, -0.05) is 0 Å². The number of hydrogen-bond donors (Lipinski definition) is 1. The number of aromatic hydroxyl groups is 1. The summed E-state index contributed by atoms with van der Waals surface area (Å²) in [5, 5.41) is 9.96. The van der Waals surface area contributed by atoms with Gasteiger partial charge in [-0.25, -0.2) is 0 Å². The molecule has 55 valence electrons. The first-order chi connectivity index (χ1) is 5.25. The topological polar surface area (TPSA) is 33.4 Å². The van der Waals surface area contributed by atoms with Crippen LogP contribution in [0.4, 0.5) is 0 Å². The molecule has 0 unspecified atom stereocenters. The van der Waals surface area contributed by atoms with Crippen LogP contribution in [0.25, 0.3) is 11.0 Å². The van der Waals surface area contributed by atoms with Crippen LogP contribution in [0.3, 0.4) is 0 Å². The second kappa shape index (κ2) is 2.02. The molecule has 1 aromatic heterocycles. The fraction of sp³-hybridized carbons (Fsp3) is 0. The number of phenols is 1. The summed E-state index contributed by atoms with van der Waals surface area (Å²) in [7, 11) is 0. The maximum atomic E-state index is 9.08. The first kappa shape index (κ1) is 6.28. The molecule has 0 fully saturated rings. The molecule has 0 aliphatic rings. The molecule has 0 spiro atoms. The Morgan fingerprint density at radius 2 is 2.09 bits per heavy atom. The van der Waals surface area contributed by atoms with Crippen LogP contribution in [0, 0.1) is 6.92 Å². The molecule has 2 heteroatoms. The summed E-state index contributed by atoms with van der Waals surface area (Å²) in [6.07, 6.45) is 0. The zero-order valence-corrected chi connectivity index (χ0v) is 5.87. The second-order valence-electron chi connectivity index (χ2n) is 2.43. The lowest BCUT2D eigenvalue weighted by Gasteiger charge is -1.88. The van der Waals surface area contributed by atoms with Gasteiger partial charge in [0.2, 0.25) is 0 Å². The van der Waals surface area contributed by atoms with Crippen molar-refractivity contribution in [2.45, 2.75) is 0 Å². The van der Waals surface area contributed by atoms with Gasteiger partial charge in [-0.3, -0.25) is 0 Å². The highest BCUT2D eigenvalue weighted by Gasteiger charge is 1.99. The first-order valence-corrected chi connectivity index (χ1v) is 3.30. The molecule has 0 amide bonds. The summed E-state index contributed by atoms with van der Waals surface area (Å²) in [6, 6.07) is 6.74. The number of benzene rings is 1. The molecule has 0 aliphatic carbocycles. The van der Waals surface area contributed by atoms with Crippen molar-refractivity contribution in [3.05, 3.63) is 36.9 Å². The number of fused-ring (bicyclic) bond motifs is 1. The molecule has 0 saturated heterocycles. The van der Waals surface area contributed by atoms with Crippen molar-refractivity contribution in [3.63, 3.8) is 0 Å². The molecule has 2 aromatic rings. The lowest BCUT2D eigenvalue weighted by molar-refractivity contribution is 0.476. The van der Waals surface area contributed by atoms with E-state index in [1.165, 1.54) is 0 Å². The minimum absolute atomic E-state index is 0.248. The zero-order chi connectivity index (χ0) is 7.84. The van der Waals surface area contributed by atoms with Gasteiger partial charge in [-0.05, 0) is 24.3 Å². The normalized spacial score (nSPS) is 10.6. The second-order valence-corrected chi connectivity index (χ2v) is 2.43. The summed E-state index contributed by atoms with van der Waals surface area (Å²) in [5.41, 5.74) is 0.757. The highest BCUT2D eigenvalue weighted by Crippen LogP contribution is 2.22. The fourth-order valence-corrected chi connectivity index (χ4v) is 1.09. The van der Waals surface area contributed by atoms with Crippen LogP contribution in [-0.2, 0) is 0 Å². The van der Waals surface area contributed by atoms with Gasteiger partial charge in [0.05, 0.1) is 0 Å². The van der Waals surface area contributed by atoms with Crippen molar-refractivity contribution < 1.29 is 9.52 Å². The van der Waals surface area contributed by atoms with Crippen LogP contribution in [0.1, 0.15) is 5.76 Å². The molecule has 0 saturated carbocycles. The van der Waals surface area contributed by atoms with Gasteiger partial charge in [-0.15, -0.1) is 0 Å². The molecule has 1 N–H and O–H groups in total. The van der Waals surface area contributed by atoms with Crippen LogP contribution < -0.4 is 0 Å². The minimum Gasteiger partial charge on any atom is -0.508 e. The predicted octanol–water partition coefficient (Wildman–Crippen LogP) is 2.32. The lowest BCUT2D eigenvalue weighted by Crippen LogP contribution is -1.62. The molecule has 1 radical (unpaired) electrons. The van der Waals surface area contributed by atoms with Crippen LogP contribution in [-0.4, -0.2) is 5.11 Å². The predicted molar refractivity (Wildman–Crippen MR) is 42.3 cm³/mol. The highest BCUT2D eigenvalue weighted by molar-refractivity contribution is 5.79. The van der Waals surface area contributed by atoms with Crippen molar-refractivity contribution in [1.82, 2.24) is 0 Å². The average Bonchev–Trinajstić information content (AvgIpc) is 2.27. The third kappa shape index (κ3) is 0.963. The Balaban J connectivity index is 2.82. The van der Waals surface area contributed by atoms with Crippen LogP contribution in [0.2, 0.25) is 0 Å². The molecule has 2 nitrogen and oxygen atoms in total. The van der Waals surface area contributed by atoms with E-state index in [9.17, 15) is 0 Å². The smallest absolute Gasteiger partial charge is 0.134 e. The number of furan rings is 1. The summed E-state index contributed by atoms with van der Waals surface area (Å²) < 4.78 is 5.20. The molecule has 0 atom stereocenters. The van der Waals surface area contributed by atoms with E-state index in [1.807, 2.05) is 0 Å². The van der Waals surface area contributed by atoms with Gasteiger partial charge < -0.3 is 9.52 Å². The molecule has 1 heterocycles. The van der Waals surface area contributed by atoms with E-state index in [-0.39, 0.29) is 5.75 Å². The highest BCUT2D eigenvalue weighted by atomic mass is 16.3. The van der Waals surface area contributed by atoms with Crippen LogP contribution in [0.15, 0.2) is 28.7 Å². The van der Waals surface area contributed by atoms with Gasteiger partial charge in [0.1, 0.15) is 17.1 Å². The number of hydrogen-bond acceptors (Lipinski definition) is 2. The molecule has 1 aromatic carbocycles. The summed E-state index contributed by atoms with van der Waals surface area (Å²) in [6.45, 7) is 3.64. The first-order valence-electron chi connectivity index (χ1n) is 3.30. The van der Waals surface area contributed by atoms with Crippen molar-refractivity contribution >= 4 is 11.0 Å². The van der Waals surface area contributed by atoms with E-state index in [1.54, 1.807) is 24.3 Å². The largest absolute Gasteiger partial charge is 0.508 e. The molecular weight excluding hydrogens is 140 g/mol. The summed E-state index contributed by atoms with van der Waals surface area (Å²) in [5.74, 6) is 0.865. The van der Waals surface area contributed by atoms with Gasteiger partial charge in [0.15, 0.2) is 0 Å². The van der Waals surface area contributed by atoms with Gasteiger partial charge >= 0.3 is 0 Å². The SMILES string of the molecule is [CH2]c1cc2cc(O)ccc2o1. The third-order valence-corrected chi connectivity index (χ3v) is 1.55. The quantitative estimate of drug-likeness (QED) is 0.620. The Hall–Kier alpha value is -1.44. The van der Waals surface area contributed by atoms with E-state index in [0.29, 0.717) is 5.76 Å². The minimum atomic E-state index is 0.248. The van der Waals surface area contributed by atoms with Gasteiger partial charge in [0.25, 0.3) is 0 Å². The Kier molecular flexibility index (Phi) is 1.15. The molecule has 11 heavy (non-hydrogen) atoms. The Morgan fingerprint density at radius 3 is 2.91 bits per heavy atom. The molecular formula is C9H7O2. The molecule has 0 aliphatic heterocycles. The molecule has 0 bridgehead atoms. The zero-order valence-electron chi connectivity index (χ0n) is 5.87. The maximum Gasteiger partial charge on any atom is 0.134 e. The third-order valence-electron chi connectivity index (χ3n) is 1.55. The Bertz CT molecular complexity index is 387.